The van der Waals surface area contributed by atoms with E-state index in [9.17, 15) is 14.7 Å². The van der Waals surface area contributed by atoms with Crippen LogP contribution in [0.25, 0.3) is 0 Å². The van der Waals surface area contributed by atoms with Crippen LogP contribution >= 0.6 is 0 Å². The summed E-state index contributed by atoms with van der Waals surface area (Å²) in [6.45, 7) is 5.92. The Balaban J connectivity index is 1.64. The van der Waals surface area contributed by atoms with Crippen molar-refractivity contribution in [2.24, 2.45) is 28.6 Å². The van der Waals surface area contributed by atoms with Gasteiger partial charge in [0, 0.05) is 30.6 Å². The highest BCUT2D eigenvalue weighted by Gasteiger charge is 2.68. The number of fused-ring (bicyclic) bond motifs is 5. The molecule has 0 bridgehead atoms. The van der Waals surface area contributed by atoms with Crippen molar-refractivity contribution in [3.63, 3.8) is 0 Å². The Bertz CT molecular complexity index is 652. The average molecular weight is 382 g/mol. The zero-order chi connectivity index (χ0) is 19.6. The predicted octanol–water partition coefficient (Wildman–Crippen LogP) is 3.18. The van der Waals surface area contributed by atoms with Gasteiger partial charge in [0.15, 0.2) is 0 Å². The van der Waals surface area contributed by atoms with Gasteiger partial charge < -0.3 is 14.6 Å². The number of aliphatic hydroxyl groups is 1. The quantitative estimate of drug-likeness (QED) is 0.705. The molecule has 0 amide bonds. The first-order valence-corrected chi connectivity index (χ1v) is 10.3. The second-order valence-electron chi connectivity index (χ2n) is 9.94. The first kappa shape index (κ1) is 19.2. The van der Waals surface area contributed by atoms with Crippen LogP contribution in [-0.4, -0.2) is 41.5 Å². The molecule has 152 valence electrons. The number of ether oxygens (including phenoxy) is 2. The summed E-state index contributed by atoms with van der Waals surface area (Å²) in [7, 11) is 0. The third-order valence-corrected chi connectivity index (χ3v) is 8.54. The maximum atomic E-state index is 16.3. The molecule has 4 rings (SSSR count). The van der Waals surface area contributed by atoms with Gasteiger partial charge in [0.05, 0.1) is 12.7 Å². The minimum Gasteiger partial charge on any atom is -0.465 e. The van der Waals surface area contributed by atoms with Crippen LogP contribution < -0.4 is 0 Å². The SMILES string of the molecule is CC(=O)O[C@H]1CC[C@]2(C)[C@H]3CC[C@]4(C)COC(=O)C[C@H]4[C@@H]3C[C@@H](O)[C@@]2(F)C1. The van der Waals surface area contributed by atoms with Gasteiger partial charge >= 0.3 is 11.9 Å². The van der Waals surface area contributed by atoms with Gasteiger partial charge in [-0.1, -0.05) is 13.8 Å². The predicted molar refractivity (Wildman–Crippen MR) is 95.4 cm³/mol. The summed E-state index contributed by atoms with van der Waals surface area (Å²) in [4.78, 5) is 23.3. The van der Waals surface area contributed by atoms with Gasteiger partial charge in [0.2, 0.25) is 0 Å². The molecule has 3 aliphatic carbocycles. The minimum atomic E-state index is -1.75. The van der Waals surface area contributed by atoms with Gasteiger partial charge in [-0.15, -0.1) is 0 Å². The van der Waals surface area contributed by atoms with E-state index >= 15 is 4.39 Å². The van der Waals surface area contributed by atoms with Crippen molar-refractivity contribution in [3.05, 3.63) is 0 Å². The first-order valence-electron chi connectivity index (χ1n) is 10.3. The monoisotopic (exact) mass is 382 g/mol. The summed E-state index contributed by atoms with van der Waals surface area (Å²) in [5, 5.41) is 10.9. The Morgan fingerprint density at radius 1 is 1.26 bits per heavy atom. The molecular weight excluding hydrogens is 351 g/mol. The molecule has 0 unspecified atom stereocenters. The van der Waals surface area contributed by atoms with Crippen molar-refractivity contribution in [2.45, 2.75) is 83.6 Å². The normalized spacial score (nSPS) is 52.0. The molecular formula is C21H31FO5. The number of halogens is 1. The molecule has 1 N–H and O–H groups in total. The average Bonchev–Trinajstić information content (AvgIpc) is 2.58. The number of hydrogen-bond acceptors (Lipinski definition) is 5. The molecule has 5 nitrogen and oxygen atoms in total. The van der Waals surface area contributed by atoms with Crippen LogP contribution in [0.15, 0.2) is 0 Å². The molecule has 1 heterocycles. The third kappa shape index (κ3) is 2.73. The Labute approximate surface area is 160 Å². The largest absolute Gasteiger partial charge is 0.465 e. The van der Waals surface area contributed by atoms with Gasteiger partial charge in [-0.05, 0) is 49.9 Å². The number of rotatable bonds is 1. The van der Waals surface area contributed by atoms with Crippen LogP contribution in [0, 0.1) is 28.6 Å². The number of aliphatic hydroxyl groups excluding tert-OH is 1. The van der Waals surface area contributed by atoms with Crippen LogP contribution in [0.5, 0.6) is 0 Å². The van der Waals surface area contributed by atoms with Crippen molar-refractivity contribution in [1.29, 1.82) is 0 Å². The summed E-state index contributed by atoms with van der Waals surface area (Å²) >= 11 is 0. The zero-order valence-electron chi connectivity index (χ0n) is 16.5. The number of cyclic esters (lactones) is 1. The van der Waals surface area contributed by atoms with Gasteiger partial charge in [-0.2, -0.15) is 0 Å². The van der Waals surface area contributed by atoms with Gasteiger partial charge in [-0.25, -0.2) is 4.39 Å². The third-order valence-electron chi connectivity index (χ3n) is 8.54. The highest BCUT2D eigenvalue weighted by atomic mass is 19.1. The number of carbonyl (C=O) groups excluding carboxylic acids is 2. The van der Waals surface area contributed by atoms with Crippen molar-refractivity contribution in [1.82, 2.24) is 0 Å². The molecule has 3 saturated carbocycles. The topological polar surface area (TPSA) is 72.8 Å². The molecule has 1 saturated heterocycles. The van der Waals surface area contributed by atoms with Crippen LogP contribution in [0.1, 0.15) is 65.7 Å². The highest BCUT2D eigenvalue weighted by molar-refractivity contribution is 5.70. The number of esters is 2. The Kier molecular flexibility index (Phi) is 4.37. The van der Waals surface area contributed by atoms with Crippen molar-refractivity contribution in [3.8, 4) is 0 Å². The van der Waals surface area contributed by atoms with Crippen LogP contribution in [0.4, 0.5) is 4.39 Å². The Morgan fingerprint density at radius 2 is 2.00 bits per heavy atom. The lowest BCUT2D eigenvalue weighted by Crippen LogP contribution is -2.67. The van der Waals surface area contributed by atoms with Gasteiger partial charge in [0.1, 0.15) is 11.8 Å². The minimum absolute atomic E-state index is 0.0669. The van der Waals surface area contributed by atoms with Crippen LogP contribution in [0.3, 0.4) is 0 Å². The van der Waals surface area contributed by atoms with Gasteiger partial charge in [0.25, 0.3) is 0 Å². The summed E-state index contributed by atoms with van der Waals surface area (Å²) in [5.74, 6) is -0.170. The van der Waals surface area contributed by atoms with Crippen molar-refractivity contribution < 1.29 is 28.6 Å². The molecule has 0 aromatic rings. The molecule has 1 aliphatic heterocycles. The van der Waals surface area contributed by atoms with Crippen molar-refractivity contribution in [2.75, 3.05) is 6.61 Å². The summed E-state index contributed by atoms with van der Waals surface area (Å²) in [6, 6.07) is 0. The maximum Gasteiger partial charge on any atom is 0.306 e. The van der Waals surface area contributed by atoms with Crippen molar-refractivity contribution >= 4 is 11.9 Å². The Morgan fingerprint density at radius 3 is 2.70 bits per heavy atom. The van der Waals surface area contributed by atoms with E-state index in [1.54, 1.807) is 0 Å². The molecule has 0 radical (unpaired) electrons. The molecule has 0 aromatic heterocycles. The van der Waals surface area contributed by atoms with E-state index in [0.29, 0.717) is 32.3 Å². The molecule has 6 heteroatoms. The van der Waals surface area contributed by atoms with E-state index in [0.717, 1.165) is 12.8 Å². The summed E-state index contributed by atoms with van der Waals surface area (Å²) < 4.78 is 27.0. The number of carbonyl (C=O) groups is 2. The number of alkyl halides is 1. The zero-order valence-corrected chi connectivity index (χ0v) is 16.5. The lowest BCUT2D eigenvalue weighted by Gasteiger charge is -2.64. The Hall–Kier alpha value is -1.17. The van der Waals surface area contributed by atoms with E-state index in [-0.39, 0.29) is 35.6 Å². The van der Waals surface area contributed by atoms with E-state index in [1.165, 1.54) is 6.92 Å². The first-order chi connectivity index (χ1) is 12.6. The lowest BCUT2D eigenvalue weighted by molar-refractivity contribution is -0.243. The fourth-order valence-corrected chi connectivity index (χ4v) is 6.99. The molecule has 27 heavy (non-hydrogen) atoms. The lowest BCUT2D eigenvalue weighted by atomic mass is 9.42. The van der Waals surface area contributed by atoms with Crippen LogP contribution in [0.2, 0.25) is 0 Å². The summed E-state index contributed by atoms with van der Waals surface area (Å²) in [6.07, 6.45) is 2.27. The molecule has 0 spiro atoms. The second-order valence-corrected chi connectivity index (χ2v) is 9.94. The molecule has 4 aliphatic rings. The molecule has 0 aromatic carbocycles. The van der Waals surface area contributed by atoms with E-state index < -0.39 is 29.3 Å². The molecule has 8 atom stereocenters. The van der Waals surface area contributed by atoms with Crippen LogP contribution in [-0.2, 0) is 19.1 Å². The van der Waals surface area contributed by atoms with E-state index in [4.69, 9.17) is 9.47 Å². The fraction of sp³-hybridized carbons (Fsp3) is 0.905. The molecule has 4 fully saturated rings. The van der Waals surface area contributed by atoms with E-state index in [2.05, 4.69) is 6.92 Å². The standard InChI is InChI=1S/C21H31FO5/c1-12(23)27-13-4-7-20(3)15-5-6-19(2)11-26-18(25)9-16(19)14(15)8-17(24)21(20,22)10-13/h13-17,24H,4-11H2,1-3H3/t13-,14+,15-,16-,17+,19+,20+,21-/m0/s1. The maximum absolute atomic E-state index is 16.3. The fourth-order valence-electron chi connectivity index (χ4n) is 6.99. The summed E-state index contributed by atoms with van der Waals surface area (Å²) in [5.41, 5.74) is -2.49. The smallest absolute Gasteiger partial charge is 0.306 e. The van der Waals surface area contributed by atoms with E-state index in [1.807, 2.05) is 6.92 Å². The highest BCUT2D eigenvalue weighted by Crippen LogP contribution is 2.66. The van der Waals surface area contributed by atoms with Gasteiger partial charge in [-0.3, -0.25) is 9.59 Å². The second kappa shape index (κ2) is 6.16. The number of hydrogen-bond donors (Lipinski definition) is 1.